The maximum Gasteiger partial charge on any atom is 0.0664 e. The molecule has 1 N–H and O–H groups in total. The van der Waals surface area contributed by atoms with Gasteiger partial charge in [0, 0.05) is 11.5 Å². The van der Waals surface area contributed by atoms with Gasteiger partial charge >= 0.3 is 0 Å². The summed E-state index contributed by atoms with van der Waals surface area (Å²) in [7, 11) is 0. The van der Waals surface area contributed by atoms with Gasteiger partial charge in [-0.05, 0) is 51.0 Å². The molecule has 0 heterocycles. The molecule has 2 rings (SSSR count). The van der Waals surface area contributed by atoms with Crippen LogP contribution < -0.4 is 5.32 Å². The molecule has 2 nitrogen and oxygen atoms in total. The molecule has 2 heteroatoms. The van der Waals surface area contributed by atoms with Crippen LogP contribution in [-0.4, -0.2) is 24.8 Å². The summed E-state index contributed by atoms with van der Waals surface area (Å²) in [5, 5.41) is 3.77. The van der Waals surface area contributed by atoms with E-state index in [4.69, 9.17) is 4.74 Å². The molecular formula is C19H37NO. The standard InChI is InChI=1S/C19H37NO/c1-5-13-20-17-14-18(19(17,7-3)8-4)21-16-12-10-9-11-15(16)6-2/h15-18,20H,5-14H2,1-4H3. The summed E-state index contributed by atoms with van der Waals surface area (Å²) < 4.78 is 6.70. The van der Waals surface area contributed by atoms with Crippen molar-refractivity contribution in [2.24, 2.45) is 11.3 Å². The van der Waals surface area contributed by atoms with Crippen molar-refractivity contribution < 1.29 is 4.74 Å². The second kappa shape index (κ2) is 7.97. The molecule has 124 valence electrons. The van der Waals surface area contributed by atoms with Gasteiger partial charge in [-0.2, -0.15) is 0 Å². The van der Waals surface area contributed by atoms with E-state index in [0.717, 1.165) is 12.5 Å². The van der Waals surface area contributed by atoms with Crippen LogP contribution in [0.3, 0.4) is 0 Å². The molecule has 4 atom stereocenters. The third-order valence-electron chi connectivity index (χ3n) is 6.45. The van der Waals surface area contributed by atoms with Crippen LogP contribution in [0.25, 0.3) is 0 Å². The monoisotopic (exact) mass is 295 g/mol. The zero-order chi connectivity index (χ0) is 15.3. The van der Waals surface area contributed by atoms with Crippen molar-refractivity contribution in [2.45, 2.75) is 104 Å². The predicted octanol–water partition coefficient (Wildman–Crippen LogP) is 4.92. The summed E-state index contributed by atoms with van der Waals surface area (Å²) in [6.45, 7) is 10.5. The zero-order valence-corrected chi connectivity index (χ0v) is 14.8. The molecule has 0 aromatic heterocycles. The average molecular weight is 296 g/mol. The Morgan fingerprint density at radius 1 is 1.05 bits per heavy atom. The molecule has 0 radical (unpaired) electrons. The number of hydrogen-bond donors (Lipinski definition) is 1. The summed E-state index contributed by atoms with van der Waals surface area (Å²) in [6.07, 6.45) is 12.8. The fourth-order valence-corrected chi connectivity index (χ4v) is 4.77. The van der Waals surface area contributed by atoms with Gasteiger partial charge in [0.25, 0.3) is 0 Å². The number of ether oxygens (including phenoxy) is 1. The maximum absolute atomic E-state index is 6.70. The van der Waals surface area contributed by atoms with Crippen LogP contribution in [0.4, 0.5) is 0 Å². The van der Waals surface area contributed by atoms with Crippen LogP contribution in [0.1, 0.15) is 85.5 Å². The quantitative estimate of drug-likeness (QED) is 0.686. The van der Waals surface area contributed by atoms with Crippen LogP contribution in [0.15, 0.2) is 0 Å². The first-order chi connectivity index (χ1) is 10.2. The lowest BCUT2D eigenvalue weighted by atomic mass is 9.58. The van der Waals surface area contributed by atoms with Crippen molar-refractivity contribution in [3.05, 3.63) is 0 Å². The lowest BCUT2D eigenvalue weighted by Crippen LogP contribution is -2.64. The van der Waals surface area contributed by atoms with E-state index < -0.39 is 0 Å². The Morgan fingerprint density at radius 2 is 1.76 bits per heavy atom. The minimum atomic E-state index is 0.394. The predicted molar refractivity (Wildman–Crippen MR) is 90.6 cm³/mol. The molecular weight excluding hydrogens is 258 g/mol. The summed E-state index contributed by atoms with van der Waals surface area (Å²) in [5.74, 6) is 0.813. The van der Waals surface area contributed by atoms with Gasteiger partial charge in [0.2, 0.25) is 0 Å². The highest BCUT2D eigenvalue weighted by Gasteiger charge is 2.53. The van der Waals surface area contributed by atoms with E-state index in [1.54, 1.807) is 0 Å². The first kappa shape index (κ1) is 17.3. The lowest BCUT2D eigenvalue weighted by Gasteiger charge is -2.57. The van der Waals surface area contributed by atoms with E-state index >= 15 is 0 Å². The van der Waals surface area contributed by atoms with E-state index in [-0.39, 0.29) is 0 Å². The second-order valence-electron chi connectivity index (χ2n) is 7.30. The molecule has 0 spiro atoms. The maximum atomic E-state index is 6.70. The third kappa shape index (κ3) is 3.47. The van der Waals surface area contributed by atoms with E-state index in [1.165, 1.54) is 57.8 Å². The topological polar surface area (TPSA) is 21.3 Å². The van der Waals surface area contributed by atoms with Gasteiger partial charge in [0.1, 0.15) is 0 Å². The molecule has 0 aromatic rings. The summed E-state index contributed by atoms with van der Waals surface area (Å²) in [6, 6.07) is 0.682. The molecule has 0 aliphatic heterocycles. The minimum absolute atomic E-state index is 0.394. The van der Waals surface area contributed by atoms with Crippen LogP contribution in [0.5, 0.6) is 0 Å². The van der Waals surface area contributed by atoms with Crippen molar-refractivity contribution in [2.75, 3.05) is 6.54 Å². The SMILES string of the molecule is CCCNC1CC(OC2CCCCC2CC)C1(CC)CC. The minimum Gasteiger partial charge on any atom is -0.374 e. The van der Waals surface area contributed by atoms with Crippen LogP contribution >= 0.6 is 0 Å². The molecule has 0 bridgehead atoms. The zero-order valence-electron chi connectivity index (χ0n) is 14.8. The smallest absolute Gasteiger partial charge is 0.0664 e. The Morgan fingerprint density at radius 3 is 2.38 bits per heavy atom. The van der Waals surface area contributed by atoms with Gasteiger partial charge < -0.3 is 10.1 Å². The number of rotatable bonds is 8. The molecule has 4 unspecified atom stereocenters. The highest BCUT2D eigenvalue weighted by molar-refractivity contribution is 5.07. The van der Waals surface area contributed by atoms with Crippen molar-refractivity contribution in [3.63, 3.8) is 0 Å². The second-order valence-corrected chi connectivity index (χ2v) is 7.30. The van der Waals surface area contributed by atoms with Crippen LogP contribution in [0, 0.1) is 11.3 Å². The van der Waals surface area contributed by atoms with Crippen LogP contribution in [-0.2, 0) is 4.74 Å². The summed E-state index contributed by atoms with van der Waals surface area (Å²) >= 11 is 0. The van der Waals surface area contributed by atoms with Crippen molar-refractivity contribution >= 4 is 0 Å². The summed E-state index contributed by atoms with van der Waals surface area (Å²) in [5.41, 5.74) is 0.394. The third-order valence-corrected chi connectivity index (χ3v) is 6.45. The Kier molecular flexibility index (Phi) is 6.55. The Labute approximate surface area is 132 Å². The molecule has 0 saturated heterocycles. The van der Waals surface area contributed by atoms with E-state index in [2.05, 4.69) is 33.0 Å². The highest BCUT2D eigenvalue weighted by Crippen LogP contribution is 2.50. The molecule has 2 aliphatic rings. The fourth-order valence-electron chi connectivity index (χ4n) is 4.77. The molecule has 2 saturated carbocycles. The molecule has 0 aromatic carbocycles. The van der Waals surface area contributed by atoms with Gasteiger partial charge in [-0.25, -0.2) is 0 Å². The van der Waals surface area contributed by atoms with Crippen molar-refractivity contribution in [1.29, 1.82) is 0 Å². The first-order valence-electron chi connectivity index (χ1n) is 9.60. The summed E-state index contributed by atoms with van der Waals surface area (Å²) in [4.78, 5) is 0. The molecule has 0 amide bonds. The van der Waals surface area contributed by atoms with Crippen molar-refractivity contribution in [1.82, 2.24) is 5.32 Å². The first-order valence-corrected chi connectivity index (χ1v) is 9.60. The fraction of sp³-hybridized carbons (Fsp3) is 1.00. The van der Waals surface area contributed by atoms with E-state index in [9.17, 15) is 0 Å². The molecule has 21 heavy (non-hydrogen) atoms. The average Bonchev–Trinajstić information content (AvgIpc) is 2.52. The van der Waals surface area contributed by atoms with Crippen LogP contribution in [0.2, 0.25) is 0 Å². The normalized spacial score (nSPS) is 35.4. The molecule has 2 fully saturated rings. The number of hydrogen-bond acceptors (Lipinski definition) is 2. The Balaban J connectivity index is 1.96. The lowest BCUT2D eigenvalue weighted by molar-refractivity contribution is -0.183. The van der Waals surface area contributed by atoms with Gasteiger partial charge in [-0.1, -0.05) is 47.0 Å². The Bertz CT molecular complexity index is 300. The molecule has 2 aliphatic carbocycles. The Hall–Kier alpha value is -0.0800. The highest BCUT2D eigenvalue weighted by atomic mass is 16.5. The van der Waals surface area contributed by atoms with Crippen molar-refractivity contribution in [3.8, 4) is 0 Å². The largest absolute Gasteiger partial charge is 0.374 e. The number of nitrogens with one attached hydrogen (secondary N) is 1. The van der Waals surface area contributed by atoms with E-state index in [1.807, 2.05) is 0 Å². The van der Waals surface area contributed by atoms with Gasteiger partial charge in [0.05, 0.1) is 12.2 Å². The van der Waals surface area contributed by atoms with E-state index in [0.29, 0.717) is 23.7 Å². The van der Waals surface area contributed by atoms with Gasteiger partial charge in [-0.3, -0.25) is 0 Å². The van der Waals surface area contributed by atoms with Gasteiger partial charge in [0.15, 0.2) is 0 Å². The van der Waals surface area contributed by atoms with Gasteiger partial charge in [-0.15, -0.1) is 0 Å².